The first-order valence-corrected chi connectivity index (χ1v) is 12.4. The lowest BCUT2D eigenvalue weighted by molar-refractivity contribution is -0.147. The maximum atomic E-state index is 13.1. The van der Waals surface area contributed by atoms with Crippen molar-refractivity contribution in [3.05, 3.63) is 45.1 Å². The van der Waals surface area contributed by atoms with Crippen LogP contribution in [0.1, 0.15) is 24.4 Å². The molecule has 0 saturated carbocycles. The van der Waals surface area contributed by atoms with Gasteiger partial charge in [-0.1, -0.05) is 0 Å². The maximum Gasteiger partial charge on any atom is 0.519 e. The van der Waals surface area contributed by atoms with E-state index in [9.17, 15) is 29.1 Å². The number of carboxylic acid groups (broad SMARTS) is 1. The number of hydrogen-bond donors (Lipinski definition) is 2. The predicted molar refractivity (Wildman–Crippen MR) is 122 cm³/mol. The van der Waals surface area contributed by atoms with Gasteiger partial charge in [0.25, 0.3) is 0 Å². The molecule has 13 nitrogen and oxygen atoms in total. The summed E-state index contributed by atoms with van der Waals surface area (Å²) in [5.74, 6) is -2.05. The van der Waals surface area contributed by atoms with E-state index in [0.717, 1.165) is 0 Å². The summed E-state index contributed by atoms with van der Waals surface area (Å²) < 4.78 is 14.8. The molecule has 1 aromatic rings. The van der Waals surface area contributed by atoms with E-state index in [1.807, 2.05) is 0 Å². The van der Waals surface area contributed by atoms with Crippen LogP contribution in [0.25, 0.3) is 0 Å². The molecule has 4 aliphatic rings. The highest BCUT2D eigenvalue weighted by Gasteiger charge is 2.51. The minimum atomic E-state index is -1.23. The lowest BCUT2D eigenvalue weighted by Crippen LogP contribution is -2.68. The fourth-order valence-corrected chi connectivity index (χ4v) is 6.12. The van der Waals surface area contributed by atoms with Gasteiger partial charge in [-0.05, 0) is 31.4 Å². The summed E-state index contributed by atoms with van der Waals surface area (Å²) in [7, 11) is 0. The Kier molecular flexibility index (Phi) is 6.16. The first-order valence-electron chi connectivity index (χ1n) is 11.3. The van der Waals surface area contributed by atoms with Crippen molar-refractivity contribution >= 4 is 35.6 Å². The third-order valence-electron chi connectivity index (χ3n) is 6.77. The Balaban J connectivity index is 1.23. The van der Waals surface area contributed by atoms with Gasteiger partial charge in [0.1, 0.15) is 17.1 Å². The number of allylic oxidation sites excluding steroid dienone is 1. The molecule has 192 valence electrons. The lowest BCUT2D eigenvalue weighted by Gasteiger charge is -2.47. The van der Waals surface area contributed by atoms with Gasteiger partial charge in [-0.15, -0.1) is 11.8 Å². The summed E-state index contributed by atoms with van der Waals surface area (Å²) in [4.78, 5) is 65.1. The lowest BCUT2D eigenvalue weighted by atomic mass is 10.0. The first-order chi connectivity index (χ1) is 17.2. The normalized spacial score (nSPS) is 27.1. The number of aryl methyl sites for hydroxylation is 1. The summed E-state index contributed by atoms with van der Waals surface area (Å²) in [6, 6.07) is -0.932. The number of carbonyl (C=O) groups excluding carboxylic acids is 3. The number of aliphatic carboxylic acids is 1. The van der Waals surface area contributed by atoms with E-state index in [1.165, 1.54) is 28.5 Å². The molecule has 0 bridgehead atoms. The van der Waals surface area contributed by atoms with Crippen LogP contribution < -0.4 is 11.6 Å². The molecule has 5 heterocycles. The van der Waals surface area contributed by atoms with E-state index in [0.29, 0.717) is 42.8 Å². The molecule has 5 rings (SSSR count). The number of hydrogen-bond acceptors (Lipinski definition) is 10. The zero-order valence-electron chi connectivity index (χ0n) is 19.3. The van der Waals surface area contributed by atoms with E-state index < -0.39 is 35.2 Å². The Morgan fingerprint density at radius 3 is 2.72 bits per heavy atom. The summed E-state index contributed by atoms with van der Waals surface area (Å²) in [6.45, 7) is 2.41. The van der Waals surface area contributed by atoms with Crippen LogP contribution in [0.4, 0.5) is 4.79 Å². The highest BCUT2D eigenvalue weighted by Crippen LogP contribution is 2.40. The molecular weight excluding hydrogens is 496 g/mol. The second kappa shape index (κ2) is 9.17. The maximum absolute atomic E-state index is 13.1. The van der Waals surface area contributed by atoms with Gasteiger partial charge in [-0.3, -0.25) is 14.5 Å². The van der Waals surface area contributed by atoms with Gasteiger partial charge < -0.3 is 34.2 Å². The van der Waals surface area contributed by atoms with Gasteiger partial charge in [-0.2, -0.15) is 0 Å². The Morgan fingerprint density at radius 1 is 1.25 bits per heavy atom. The van der Waals surface area contributed by atoms with Crippen molar-refractivity contribution in [3.63, 3.8) is 0 Å². The average Bonchev–Trinajstić information content (AvgIpc) is 3.55. The third-order valence-corrected chi connectivity index (χ3v) is 8.10. The Morgan fingerprint density at radius 2 is 2.03 bits per heavy atom. The van der Waals surface area contributed by atoms with E-state index in [2.05, 4.69) is 0 Å². The zero-order chi connectivity index (χ0) is 25.7. The molecule has 0 spiro atoms. The number of thioether (sulfide) groups is 1. The number of nitrogens with zero attached hydrogens (tertiary/aromatic N) is 3. The molecule has 0 aliphatic carbocycles. The van der Waals surface area contributed by atoms with Crippen molar-refractivity contribution in [1.82, 2.24) is 14.7 Å². The van der Waals surface area contributed by atoms with Crippen LogP contribution in [0.5, 0.6) is 0 Å². The van der Waals surface area contributed by atoms with Crippen LogP contribution in [0.15, 0.2) is 36.5 Å². The van der Waals surface area contributed by atoms with Crippen LogP contribution in [0.3, 0.4) is 0 Å². The highest BCUT2D eigenvalue weighted by molar-refractivity contribution is 8.00. The fourth-order valence-electron chi connectivity index (χ4n) is 4.86. The van der Waals surface area contributed by atoms with Gasteiger partial charge in [0.15, 0.2) is 18.1 Å². The predicted octanol–water partition coefficient (Wildman–Crippen LogP) is -0.00808. The van der Waals surface area contributed by atoms with E-state index in [1.54, 1.807) is 11.0 Å². The number of carbonyl (C=O) groups is 4. The molecule has 36 heavy (non-hydrogen) atoms. The number of carboxylic acids is 1. The zero-order valence-corrected chi connectivity index (χ0v) is 20.1. The minimum Gasteiger partial charge on any atom is -0.477 e. The van der Waals surface area contributed by atoms with Crippen LogP contribution >= 0.6 is 11.8 Å². The number of β-lactam (4-membered cyclic amide) rings is 1. The summed E-state index contributed by atoms with van der Waals surface area (Å²) in [5, 5.41) is 9.31. The highest BCUT2D eigenvalue weighted by atomic mass is 32.2. The number of fused-ring (bicyclic) bond motifs is 1. The van der Waals surface area contributed by atoms with Crippen LogP contribution in [0.2, 0.25) is 0 Å². The molecule has 0 unspecified atom stereocenters. The van der Waals surface area contributed by atoms with Gasteiger partial charge in [0.05, 0.1) is 6.04 Å². The molecule has 4 aliphatic heterocycles. The fraction of sp³-hybridized carbons (Fsp3) is 0.500. The molecule has 3 atom stereocenters. The standard InChI is InChI=1S/C22H24N4O9S/c1-10-14(35-22(32)34-10)8-33-21(31)24-4-3-13(7-24)25-5-2-11(17(25)27)6-12-9-36-19-15(23)18(28)26(19)16(12)20(29)30/h6,13,15,19H,2-5,7-9,23H2,1H3,(H,29,30)/b11-6+/t13-,15-,19-/m1/s1. The monoisotopic (exact) mass is 520 g/mol. The molecular formula is C22H24N4O9S. The number of nitrogens with two attached hydrogens (primary N) is 1. The van der Waals surface area contributed by atoms with Crippen molar-refractivity contribution in [1.29, 1.82) is 0 Å². The van der Waals surface area contributed by atoms with Gasteiger partial charge in [0, 0.05) is 31.0 Å². The molecule has 0 radical (unpaired) electrons. The van der Waals surface area contributed by atoms with Crippen molar-refractivity contribution in [2.75, 3.05) is 25.4 Å². The van der Waals surface area contributed by atoms with Crippen molar-refractivity contribution in [2.24, 2.45) is 5.73 Å². The Bertz CT molecular complexity index is 1260. The number of rotatable bonds is 5. The van der Waals surface area contributed by atoms with Crippen molar-refractivity contribution in [2.45, 2.75) is 43.8 Å². The molecule has 3 saturated heterocycles. The first kappa shape index (κ1) is 24.2. The van der Waals surface area contributed by atoms with Gasteiger partial charge >= 0.3 is 17.9 Å². The average molecular weight is 521 g/mol. The molecule has 3 fully saturated rings. The van der Waals surface area contributed by atoms with Crippen LogP contribution in [0, 0.1) is 6.92 Å². The second-order valence-corrected chi connectivity index (χ2v) is 10.0. The Hall–Kier alpha value is -3.52. The molecule has 3 amide bonds. The smallest absolute Gasteiger partial charge is 0.477 e. The molecule has 0 aromatic carbocycles. The SMILES string of the molecule is Cc1oc(=O)oc1COC(=O)N1CC[C@@H](N2CC/C(=C\C3=C(C(=O)O)N4C(=O)[C@@H](N)[C@H]4SC3)C2=O)C1. The largest absolute Gasteiger partial charge is 0.519 e. The number of amides is 3. The van der Waals surface area contributed by atoms with Gasteiger partial charge in [0.2, 0.25) is 11.8 Å². The van der Waals surface area contributed by atoms with E-state index in [-0.39, 0.29) is 42.3 Å². The third kappa shape index (κ3) is 4.09. The molecule has 14 heteroatoms. The van der Waals surface area contributed by atoms with Crippen LogP contribution in [-0.4, -0.2) is 86.5 Å². The molecule has 1 aromatic heterocycles. The van der Waals surface area contributed by atoms with Crippen molar-refractivity contribution in [3.8, 4) is 0 Å². The quantitative estimate of drug-likeness (QED) is 0.394. The summed E-state index contributed by atoms with van der Waals surface area (Å²) >= 11 is 1.37. The summed E-state index contributed by atoms with van der Waals surface area (Å²) in [6.07, 6.45) is 1.98. The molecule has 3 N–H and O–H groups in total. The number of likely N-dealkylation sites (tertiary alicyclic amines) is 2. The second-order valence-electron chi connectivity index (χ2n) is 8.91. The Labute approximate surface area is 208 Å². The number of ether oxygens (including phenoxy) is 1. The topological polar surface area (TPSA) is 177 Å². The van der Waals surface area contributed by atoms with E-state index >= 15 is 0 Å². The minimum absolute atomic E-state index is 0.123. The van der Waals surface area contributed by atoms with Crippen LogP contribution in [-0.2, 0) is 25.7 Å². The summed E-state index contributed by atoms with van der Waals surface area (Å²) in [5.41, 5.74) is 6.54. The van der Waals surface area contributed by atoms with Gasteiger partial charge in [-0.25, -0.2) is 14.4 Å². The van der Waals surface area contributed by atoms with E-state index in [4.69, 9.17) is 19.3 Å². The van der Waals surface area contributed by atoms with Crippen molar-refractivity contribution < 1.29 is 37.9 Å².